The van der Waals surface area contributed by atoms with Crippen molar-refractivity contribution in [1.29, 1.82) is 0 Å². The number of amides is 2. The van der Waals surface area contributed by atoms with Crippen LogP contribution in [-0.2, 0) is 4.79 Å². The van der Waals surface area contributed by atoms with Crippen LogP contribution < -0.4 is 10.1 Å². The van der Waals surface area contributed by atoms with Crippen molar-refractivity contribution in [3.63, 3.8) is 0 Å². The van der Waals surface area contributed by atoms with Crippen LogP contribution in [0.2, 0.25) is 0 Å². The van der Waals surface area contributed by atoms with Crippen molar-refractivity contribution in [3.8, 4) is 5.75 Å². The highest BCUT2D eigenvalue weighted by atomic mass is 32.1. The van der Waals surface area contributed by atoms with E-state index in [0.717, 1.165) is 53.7 Å². The summed E-state index contributed by atoms with van der Waals surface area (Å²) in [6, 6.07) is 11.7. The van der Waals surface area contributed by atoms with Crippen LogP contribution in [-0.4, -0.2) is 60.9 Å². The van der Waals surface area contributed by atoms with E-state index in [9.17, 15) is 9.59 Å². The molecular formula is C22H27N3O3S. The third kappa shape index (κ3) is 5.16. The number of anilines is 1. The molecule has 2 amide bonds. The molecule has 154 valence electrons. The van der Waals surface area contributed by atoms with Gasteiger partial charge in [-0.2, -0.15) is 0 Å². The molecule has 2 fully saturated rings. The summed E-state index contributed by atoms with van der Waals surface area (Å²) >= 11 is 1.39. The zero-order valence-electron chi connectivity index (χ0n) is 16.7. The molecule has 1 aromatic carbocycles. The van der Waals surface area contributed by atoms with Gasteiger partial charge in [-0.25, -0.2) is 0 Å². The number of hydrogen-bond acceptors (Lipinski definition) is 5. The molecule has 6 nitrogen and oxygen atoms in total. The highest BCUT2D eigenvalue weighted by Gasteiger charge is 2.30. The second kappa shape index (κ2) is 8.97. The van der Waals surface area contributed by atoms with Crippen molar-refractivity contribution in [2.24, 2.45) is 5.92 Å². The summed E-state index contributed by atoms with van der Waals surface area (Å²) in [5.74, 6) is 1.20. The van der Waals surface area contributed by atoms with Crippen molar-refractivity contribution < 1.29 is 14.3 Å². The number of nitrogens with zero attached hydrogens (tertiary/aromatic N) is 2. The molecule has 1 aliphatic carbocycles. The lowest BCUT2D eigenvalue weighted by Crippen LogP contribution is -2.49. The summed E-state index contributed by atoms with van der Waals surface area (Å²) in [7, 11) is 0. The monoisotopic (exact) mass is 413 g/mol. The van der Waals surface area contributed by atoms with E-state index in [1.807, 2.05) is 48.2 Å². The standard InChI is InChI=1S/C22H27N3O3S/c1-16-15-19(23-21(26)17-7-8-17)29-20(16)22(27)25-11-9-24(10-12-25)13-14-28-18-5-3-2-4-6-18/h2-6,15,17H,7-14H2,1H3,(H,23,26). The average Bonchev–Trinajstić information content (AvgIpc) is 3.52. The fourth-order valence-corrected chi connectivity index (χ4v) is 4.50. The van der Waals surface area contributed by atoms with Gasteiger partial charge in [0.25, 0.3) is 5.91 Å². The lowest BCUT2D eigenvalue weighted by atomic mass is 10.2. The number of ether oxygens (including phenoxy) is 1. The van der Waals surface area contributed by atoms with Gasteiger partial charge >= 0.3 is 0 Å². The highest BCUT2D eigenvalue weighted by molar-refractivity contribution is 7.18. The van der Waals surface area contributed by atoms with Crippen molar-refractivity contribution in [2.75, 3.05) is 44.6 Å². The molecule has 2 aliphatic rings. The molecule has 0 unspecified atom stereocenters. The smallest absolute Gasteiger partial charge is 0.264 e. The van der Waals surface area contributed by atoms with E-state index in [1.54, 1.807) is 0 Å². The first-order chi connectivity index (χ1) is 14.1. The molecule has 1 saturated heterocycles. The molecule has 4 rings (SSSR count). The van der Waals surface area contributed by atoms with Crippen molar-refractivity contribution in [3.05, 3.63) is 46.8 Å². The molecule has 0 spiro atoms. The van der Waals surface area contributed by atoms with E-state index in [4.69, 9.17) is 4.74 Å². The number of hydrogen-bond donors (Lipinski definition) is 1. The van der Waals surface area contributed by atoms with Gasteiger partial charge < -0.3 is 15.0 Å². The fraction of sp³-hybridized carbons (Fsp3) is 0.455. The maximum atomic E-state index is 13.0. The minimum absolute atomic E-state index is 0.0691. The van der Waals surface area contributed by atoms with Gasteiger partial charge in [0.15, 0.2) is 0 Å². The molecule has 1 aromatic heterocycles. The van der Waals surface area contributed by atoms with Gasteiger partial charge in [0.1, 0.15) is 12.4 Å². The van der Waals surface area contributed by atoms with Crippen LogP contribution in [0.5, 0.6) is 5.75 Å². The van der Waals surface area contributed by atoms with Gasteiger partial charge in [-0.15, -0.1) is 11.3 Å². The number of carbonyl (C=O) groups is 2. The van der Waals surface area contributed by atoms with Crippen LogP contribution in [0.1, 0.15) is 28.1 Å². The third-order valence-electron chi connectivity index (χ3n) is 5.39. The minimum atomic E-state index is 0.0691. The van der Waals surface area contributed by atoms with Crippen LogP contribution >= 0.6 is 11.3 Å². The normalized spacial score (nSPS) is 17.2. The Kier molecular flexibility index (Phi) is 6.16. The van der Waals surface area contributed by atoms with E-state index in [2.05, 4.69) is 10.2 Å². The zero-order chi connectivity index (χ0) is 20.2. The SMILES string of the molecule is Cc1cc(NC(=O)C2CC2)sc1C(=O)N1CCN(CCOc2ccccc2)CC1. The molecule has 2 heterocycles. The van der Waals surface area contributed by atoms with Crippen molar-refractivity contribution in [1.82, 2.24) is 9.80 Å². The van der Waals surface area contributed by atoms with Gasteiger partial charge in [0.05, 0.1) is 9.88 Å². The molecule has 1 N–H and O–H groups in total. The Hall–Kier alpha value is -2.38. The minimum Gasteiger partial charge on any atom is -0.492 e. The number of benzene rings is 1. The number of rotatable bonds is 7. The van der Waals surface area contributed by atoms with Crippen LogP contribution in [0.4, 0.5) is 5.00 Å². The van der Waals surface area contributed by atoms with Crippen molar-refractivity contribution in [2.45, 2.75) is 19.8 Å². The largest absolute Gasteiger partial charge is 0.492 e. The number of aryl methyl sites for hydroxylation is 1. The summed E-state index contributed by atoms with van der Waals surface area (Å²) < 4.78 is 5.77. The zero-order valence-corrected chi connectivity index (χ0v) is 17.5. The summed E-state index contributed by atoms with van der Waals surface area (Å²) in [4.78, 5) is 29.9. The molecule has 0 atom stereocenters. The Morgan fingerprint density at radius 2 is 1.86 bits per heavy atom. The van der Waals surface area contributed by atoms with Crippen LogP contribution in [0.15, 0.2) is 36.4 Å². The van der Waals surface area contributed by atoms with Crippen molar-refractivity contribution >= 4 is 28.2 Å². The number of piperazine rings is 1. The number of nitrogens with one attached hydrogen (secondary N) is 1. The summed E-state index contributed by atoms with van der Waals surface area (Å²) in [5.41, 5.74) is 0.935. The quantitative estimate of drug-likeness (QED) is 0.757. The molecule has 2 aromatic rings. The van der Waals surface area contributed by atoms with Gasteiger partial charge in [-0.3, -0.25) is 14.5 Å². The molecule has 1 aliphatic heterocycles. The Morgan fingerprint density at radius 3 is 2.55 bits per heavy atom. The second-order valence-corrected chi connectivity index (χ2v) is 8.73. The van der Waals surface area contributed by atoms with Gasteiger partial charge in [0, 0.05) is 38.6 Å². The maximum Gasteiger partial charge on any atom is 0.264 e. The lowest BCUT2D eigenvalue weighted by molar-refractivity contribution is -0.117. The third-order valence-corrected chi connectivity index (χ3v) is 6.53. The molecule has 7 heteroatoms. The molecule has 1 saturated carbocycles. The van der Waals surface area contributed by atoms with Gasteiger partial charge in [-0.05, 0) is 43.5 Å². The average molecular weight is 414 g/mol. The van der Waals surface area contributed by atoms with Crippen LogP contribution in [0.3, 0.4) is 0 Å². The van der Waals surface area contributed by atoms with E-state index in [-0.39, 0.29) is 17.7 Å². The Balaban J connectivity index is 1.24. The number of thiophene rings is 1. The van der Waals surface area contributed by atoms with E-state index in [1.165, 1.54) is 11.3 Å². The molecule has 0 bridgehead atoms. The Morgan fingerprint density at radius 1 is 1.14 bits per heavy atom. The number of para-hydroxylation sites is 1. The molecule has 0 radical (unpaired) electrons. The van der Waals surface area contributed by atoms with Crippen LogP contribution in [0, 0.1) is 12.8 Å². The topological polar surface area (TPSA) is 61.9 Å². The highest BCUT2D eigenvalue weighted by Crippen LogP contribution is 2.33. The van der Waals surface area contributed by atoms with Gasteiger partial charge in [-0.1, -0.05) is 18.2 Å². The van der Waals surface area contributed by atoms with Crippen LogP contribution in [0.25, 0.3) is 0 Å². The van der Waals surface area contributed by atoms with Gasteiger partial charge in [0.2, 0.25) is 5.91 Å². The fourth-order valence-electron chi connectivity index (χ4n) is 3.45. The van der Waals surface area contributed by atoms with E-state index >= 15 is 0 Å². The summed E-state index contributed by atoms with van der Waals surface area (Å²) in [6.07, 6.45) is 1.95. The predicted molar refractivity (Wildman–Crippen MR) is 115 cm³/mol. The van der Waals surface area contributed by atoms with E-state index in [0.29, 0.717) is 19.7 Å². The Bertz CT molecular complexity index is 855. The molecule has 29 heavy (non-hydrogen) atoms. The second-order valence-electron chi connectivity index (χ2n) is 7.68. The maximum absolute atomic E-state index is 13.0. The number of carbonyl (C=O) groups excluding carboxylic acids is 2. The van der Waals surface area contributed by atoms with E-state index < -0.39 is 0 Å². The lowest BCUT2D eigenvalue weighted by Gasteiger charge is -2.34. The first-order valence-corrected chi connectivity index (χ1v) is 11.0. The first-order valence-electron chi connectivity index (χ1n) is 10.2. The Labute approximate surface area is 175 Å². The first kappa shape index (κ1) is 19.9. The molecular weight excluding hydrogens is 386 g/mol. The predicted octanol–water partition coefficient (Wildman–Crippen LogP) is 3.24. The summed E-state index contributed by atoms with van der Waals surface area (Å²) in [5, 5.41) is 3.73. The summed E-state index contributed by atoms with van der Waals surface area (Å²) in [6.45, 7) is 6.56.